The smallest absolute Gasteiger partial charge is 0.308 e. The lowest BCUT2D eigenvalue weighted by Crippen LogP contribution is -2.45. The predicted octanol–water partition coefficient (Wildman–Crippen LogP) is 4.08. The maximum Gasteiger partial charge on any atom is 0.308 e. The molecule has 4 atom stereocenters. The van der Waals surface area contributed by atoms with Gasteiger partial charge in [0.15, 0.2) is 11.5 Å². The van der Waals surface area contributed by atoms with Gasteiger partial charge in [-0.2, -0.15) is 0 Å². The van der Waals surface area contributed by atoms with Crippen LogP contribution >= 0.6 is 0 Å². The van der Waals surface area contributed by atoms with Crippen LogP contribution in [0.15, 0.2) is 18.2 Å². The van der Waals surface area contributed by atoms with E-state index in [1.807, 2.05) is 23.1 Å². The zero-order valence-electron chi connectivity index (χ0n) is 22.3. The Kier molecular flexibility index (Phi) is 10.9. The van der Waals surface area contributed by atoms with E-state index in [4.69, 9.17) is 15.2 Å². The van der Waals surface area contributed by atoms with E-state index in [0.717, 1.165) is 57.1 Å². The van der Waals surface area contributed by atoms with Crippen molar-refractivity contribution in [3.05, 3.63) is 23.8 Å². The summed E-state index contributed by atoms with van der Waals surface area (Å²) in [6.07, 6.45) is 6.63. The molecular formula is C28H45N3O5. The molecule has 8 heteroatoms. The molecular weight excluding hydrogens is 458 g/mol. The molecule has 1 amide bonds. The summed E-state index contributed by atoms with van der Waals surface area (Å²) in [5.41, 5.74) is 6.61. The van der Waals surface area contributed by atoms with Crippen LogP contribution in [0.25, 0.3) is 0 Å². The molecule has 0 aromatic heterocycles. The molecule has 1 aromatic carbocycles. The predicted molar refractivity (Wildman–Crippen MR) is 140 cm³/mol. The van der Waals surface area contributed by atoms with Crippen molar-refractivity contribution in [3.8, 4) is 11.5 Å². The molecule has 202 valence electrons. The summed E-state index contributed by atoms with van der Waals surface area (Å²) in [6.45, 7) is 9.50. The first-order chi connectivity index (χ1) is 17.4. The van der Waals surface area contributed by atoms with Gasteiger partial charge in [0.05, 0.1) is 12.5 Å². The number of nitrogens with zero attached hydrogens (tertiary/aromatic N) is 2. The number of hydrogen-bond donors (Lipinski definition) is 2. The topological polar surface area (TPSA) is 105 Å². The van der Waals surface area contributed by atoms with E-state index in [1.54, 1.807) is 0 Å². The van der Waals surface area contributed by atoms with Crippen molar-refractivity contribution in [2.24, 2.45) is 17.6 Å². The molecule has 2 aliphatic rings. The molecule has 1 saturated heterocycles. The Hall–Kier alpha value is -2.32. The minimum Gasteiger partial charge on any atom is -0.481 e. The van der Waals surface area contributed by atoms with Gasteiger partial charge in [0, 0.05) is 31.6 Å². The van der Waals surface area contributed by atoms with Gasteiger partial charge in [-0.3, -0.25) is 14.5 Å². The highest BCUT2D eigenvalue weighted by molar-refractivity contribution is 5.79. The molecule has 36 heavy (non-hydrogen) atoms. The molecule has 1 fully saturated rings. The van der Waals surface area contributed by atoms with Crippen LogP contribution in [0.3, 0.4) is 0 Å². The number of fused-ring (bicyclic) bond motifs is 1. The van der Waals surface area contributed by atoms with Gasteiger partial charge in [-0.25, -0.2) is 0 Å². The molecule has 0 saturated carbocycles. The van der Waals surface area contributed by atoms with Gasteiger partial charge in [-0.1, -0.05) is 46.1 Å². The lowest BCUT2D eigenvalue weighted by atomic mass is 9.81. The van der Waals surface area contributed by atoms with Crippen LogP contribution in [0.2, 0.25) is 0 Å². The fourth-order valence-electron chi connectivity index (χ4n) is 5.72. The quantitative estimate of drug-likeness (QED) is 0.348. The van der Waals surface area contributed by atoms with Crippen LogP contribution in [0, 0.1) is 11.8 Å². The highest BCUT2D eigenvalue weighted by atomic mass is 16.7. The third-order valence-electron chi connectivity index (χ3n) is 7.64. The first-order valence-corrected chi connectivity index (χ1v) is 13.7. The van der Waals surface area contributed by atoms with Gasteiger partial charge in [-0.15, -0.1) is 0 Å². The second kappa shape index (κ2) is 13.8. The Balaban J connectivity index is 1.85. The summed E-state index contributed by atoms with van der Waals surface area (Å²) in [4.78, 5) is 30.3. The molecule has 0 aliphatic carbocycles. The Morgan fingerprint density at radius 3 is 2.58 bits per heavy atom. The molecule has 0 radical (unpaired) electrons. The number of carbonyl (C=O) groups excluding carboxylic acids is 1. The molecule has 0 bridgehead atoms. The molecule has 3 N–H and O–H groups in total. The summed E-state index contributed by atoms with van der Waals surface area (Å²) in [7, 11) is 0. The van der Waals surface area contributed by atoms with Gasteiger partial charge in [0.1, 0.15) is 0 Å². The van der Waals surface area contributed by atoms with Gasteiger partial charge in [-0.05, 0) is 55.8 Å². The van der Waals surface area contributed by atoms with Gasteiger partial charge < -0.3 is 25.2 Å². The molecule has 2 heterocycles. The molecule has 8 nitrogen and oxygen atoms in total. The Bertz CT molecular complexity index is 864. The monoisotopic (exact) mass is 503 g/mol. The Morgan fingerprint density at radius 1 is 1.14 bits per heavy atom. The third kappa shape index (κ3) is 7.13. The maximum atomic E-state index is 13.5. The summed E-state index contributed by atoms with van der Waals surface area (Å²) >= 11 is 0. The molecule has 2 aliphatic heterocycles. The number of nitrogens with two attached hydrogens (primary N) is 1. The average Bonchev–Trinajstić information content (AvgIpc) is 3.45. The number of aliphatic carboxylic acids is 1. The molecule has 1 unspecified atom stereocenters. The lowest BCUT2D eigenvalue weighted by Gasteiger charge is -2.31. The van der Waals surface area contributed by atoms with Gasteiger partial charge >= 0.3 is 5.97 Å². The van der Waals surface area contributed by atoms with Crippen LogP contribution in [-0.2, 0) is 9.59 Å². The molecule has 3 rings (SSSR count). The van der Waals surface area contributed by atoms with Crippen molar-refractivity contribution >= 4 is 11.9 Å². The Morgan fingerprint density at radius 2 is 1.89 bits per heavy atom. The first kappa shape index (κ1) is 28.3. The van der Waals surface area contributed by atoms with E-state index in [0.29, 0.717) is 37.1 Å². The van der Waals surface area contributed by atoms with Crippen molar-refractivity contribution in [1.29, 1.82) is 0 Å². The number of likely N-dealkylation sites (tertiary alicyclic amines) is 1. The highest BCUT2D eigenvalue weighted by Gasteiger charge is 2.47. The number of unbranched alkanes of at least 4 members (excludes halogenated alkanes) is 2. The number of carboxylic acid groups (broad SMARTS) is 1. The second-order valence-electron chi connectivity index (χ2n) is 10.4. The van der Waals surface area contributed by atoms with Crippen molar-refractivity contribution in [2.45, 2.75) is 77.7 Å². The van der Waals surface area contributed by atoms with E-state index in [9.17, 15) is 14.7 Å². The first-order valence-electron chi connectivity index (χ1n) is 13.7. The summed E-state index contributed by atoms with van der Waals surface area (Å²) in [6, 6.07) is 5.54. The summed E-state index contributed by atoms with van der Waals surface area (Å²) in [5, 5.41) is 10.4. The SMILES string of the molecule is CCCCN(CCCCN)C(=O)CN1C[C@H](c2ccc3c(c2)OCO3)[C@@H](C(=O)O)[C@@H]1CC(C)CCC. The number of amides is 1. The number of rotatable bonds is 15. The minimum absolute atomic E-state index is 0.0871. The highest BCUT2D eigenvalue weighted by Crippen LogP contribution is 2.43. The largest absolute Gasteiger partial charge is 0.481 e. The maximum absolute atomic E-state index is 13.5. The number of carbonyl (C=O) groups is 2. The number of carboxylic acids is 1. The van der Waals surface area contributed by atoms with Crippen molar-refractivity contribution in [3.63, 3.8) is 0 Å². The standard InChI is InChI=1S/C28H45N3O5/c1-4-6-13-30(14-8-7-12-29)26(32)18-31-17-22(21-10-11-24-25(16-21)36-19-35-24)27(28(33)34)23(31)15-20(3)9-5-2/h10-11,16,20,22-23,27H,4-9,12-15,17-19,29H2,1-3H3,(H,33,34)/t20?,22-,23+,27-/m1/s1. The summed E-state index contributed by atoms with van der Waals surface area (Å²) in [5.74, 6) is 0.219. The zero-order chi connectivity index (χ0) is 26.1. The van der Waals surface area contributed by atoms with Crippen molar-refractivity contribution in [2.75, 3.05) is 39.5 Å². The van der Waals surface area contributed by atoms with Crippen LogP contribution in [0.5, 0.6) is 11.5 Å². The number of ether oxygens (including phenoxy) is 2. The van der Waals surface area contributed by atoms with Crippen molar-refractivity contribution < 1.29 is 24.2 Å². The Labute approximate surface area is 216 Å². The van der Waals surface area contributed by atoms with Gasteiger partial charge in [0.25, 0.3) is 0 Å². The van der Waals surface area contributed by atoms with E-state index >= 15 is 0 Å². The molecule has 0 spiro atoms. The number of hydrogen-bond acceptors (Lipinski definition) is 6. The van der Waals surface area contributed by atoms with Crippen LogP contribution in [0.4, 0.5) is 0 Å². The van der Waals surface area contributed by atoms with E-state index < -0.39 is 11.9 Å². The average molecular weight is 504 g/mol. The van der Waals surface area contributed by atoms with E-state index in [1.165, 1.54) is 0 Å². The fraction of sp³-hybridized carbons (Fsp3) is 0.714. The van der Waals surface area contributed by atoms with Crippen LogP contribution in [-0.4, -0.2) is 72.3 Å². The third-order valence-corrected chi connectivity index (χ3v) is 7.64. The normalized spacial score (nSPS) is 22.1. The fourth-order valence-corrected chi connectivity index (χ4v) is 5.72. The minimum atomic E-state index is -0.799. The summed E-state index contributed by atoms with van der Waals surface area (Å²) < 4.78 is 11.0. The van der Waals surface area contributed by atoms with Gasteiger partial charge in [0.2, 0.25) is 12.7 Å². The van der Waals surface area contributed by atoms with Crippen LogP contribution in [0.1, 0.15) is 77.2 Å². The lowest BCUT2D eigenvalue weighted by molar-refractivity contribution is -0.144. The van der Waals surface area contributed by atoms with E-state index in [-0.39, 0.29) is 31.2 Å². The zero-order valence-corrected chi connectivity index (χ0v) is 22.3. The van der Waals surface area contributed by atoms with Crippen LogP contribution < -0.4 is 15.2 Å². The number of benzene rings is 1. The van der Waals surface area contributed by atoms with Crippen molar-refractivity contribution in [1.82, 2.24) is 9.80 Å². The van der Waals surface area contributed by atoms with E-state index in [2.05, 4.69) is 25.7 Å². The molecule has 1 aromatic rings. The second-order valence-corrected chi connectivity index (χ2v) is 10.4.